The van der Waals surface area contributed by atoms with Gasteiger partial charge in [0.05, 0.1) is 11.8 Å². The van der Waals surface area contributed by atoms with E-state index in [4.69, 9.17) is 4.74 Å². The van der Waals surface area contributed by atoms with Crippen molar-refractivity contribution in [2.24, 2.45) is 0 Å². The molecule has 1 saturated heterocycles. The van der Waals surface area contributed by atoms with Gasteiger partial charge < -0.3 is 15.0 Å². The minimum Gasteiger partial charge on any atom is -0.376 e. The molecule has 2 aliphatic rings. The molecule has 22 heavy (non-hydrogen) atoms. The lowest BCUT2D eigenvalue weighted by molar-refractivity contribution is -0.131. The maximum atomic E-state index is 12.7. The summed E-state index contributed by atoms with van der Waals surface area (Å²) in [6.45, 7) is 2.91. The van der Waals surface area contributed by atoms with E-state index < -0.39 is 4.75 Å². The number of nitrogens with one attached hydrogen (secondary N) is 1. The van der Waals surface area contributed by atoms with E-state index in [1.807, 2.05) is 24.3 Å². The molecule has 1 aromatic rings. The Morgan fingerprint density at radius 3 is 3.00 bits per heavy atom. The van der Waals surface area contributed by atoms with Crippen LogP contribution in [0.1, 0.15) is 19.8 Å². The van der Waals surface area contributed by atoms with Crippen molar-refractivity contribution in [3.8, 4) is 0 Å². The third kappa shape index (κ3) is 2.61. The summed E-state index contributed by atoms with van der Waals surface area (Å²) in [5.41, 5.74) is 0.849. The van der Waals surface area contributed by atoms with E-state index in [0.717, 1.165) is 30.0 Å². The van der Waals surface area contributed by atoms with E-state index in [1.165, 1.54) is 11.8 Å². The van der Waals surface area contributed by atoms with Crippen molar-refractivity contribution < 1.29 is 14.3 Å². The Balaban J connectivity index is 1.76. The third-order valence-electron chi connectivity index (χ3n) is 4.20. The zero-order valence-corrected chi connectivity index (χ0v) is 13.6. The smallest absolute Gasteiger partial charge is 0.252 e. The highest BCUT2D eigenvalue weighted by Crippen LogP contribution is 2.44. The first kappa shape index (κ1) is 15.4. The number of thioether (sulfide) groups is 1. The van der Waals surface area contributed by atoms with Crippen LogP contribution in [0.3, 0.4) is 0 Å². The number of para-hydroxylation sites is 1. The van der Waals surface area contributed by atoms with E-state index in [9.17, 15) is 9.59 Å². The van der Waals surface area contributed by atoms with Crippen LogP contribution < -0.4 is 10.2 Å². The summed E-state index contributed by atoms with van der Waals surface area (Å²) in [6, 6.07) is 7.64. The van der Waals surface area contributed by atoms with Crippen molar-refractivity contribution in [1.82, 2.24) is 5.32 Å². The first-order valence-electron chi connectivity index (χ1n) is 7.48. The van der Waals surface area contributed by atoms with Gasteiger partial charge in [0.1, 0.15) is 0 Å². The summed E-state index contributed by atoms with van der Waals surface area (Å²) in [5, 5.41) is 2.88. The highest BCUT2D eigenvalue weighted by atomic mass is 32.2. The zero-order valence-electron chi connectivity index (χ0n) is 12.8. The van der Waals surface area contributed by atoms with Gasteiger partial charge in [0, 0.05) is 25.1 Å². The second-order valence-corrected chi connectivity index (χ2v) is 7.27. The van der Waals surface area contributed by atoms with Crippen LogP contribution in [0, 0.1) is 0 Å². The number of ether oxygens (including phenoxy) is 1. The number of carbonyl (C=O) groups is 2. The van der Waals surface area contributed by atoms with Crippen LogP contribution in [0.15, 0.2) is 29.2 Å². The topological polar surface area (TPSA) is 58.6 Å². The Hall–Kier alpha value is -1.53. The van der Waals surface area contributed by atoms with Gasteiger partial charge in [-0.05, 0) is 31.9 Å². The number of rotatable bonds is 3. The van der Waals surface area contributed by atoms with E-state index in [-0.39, 0.29) is 17.9 Å². The van der Waals surface area contributed by atoms with Crippen LogP contribution >= 0.6 is 11.8 Å². The summed E-state index contributed by atoms with van der Waals surface area (Å²) in [6.07, 6.45) is 2.06. The molecule has 2 atom stereocenters. The molecule has 1 N–H and O–H groups in total. The molecule has 0 aliphatic carbocycles. The van der Waals surface area contributed by atoms with Crippen LogP contribution in [-0.4, -0.2) is 42.9 Å². The molecule has 5 nitrogen and oxygen atoms in total. The number of fused-ring (bicyclic) bond motifs is 1. The van der Waals surface area contributed by atoms with Crippen molar-refractivity contribution in [3.63, 3.8) is 0 Å². The van der Waals surface area contributed by atoms with Crippen molar-refractivity contribution >= 4 is 29.3 Å². The first-order chi connectivity index (χ1) is 10.5. The fourth-order valence-electron chi connectivity index (χ4n) is 2.84. The average Bonchev–Trinajstić information content (AvgIpc) is 3.04. The fraction of sp³-hybridized carbons (Fsp3) is 0.500. The average molecular weight is 320 g/mol. The molecule has 0 spiro atoms. The molecule has 2 amide bonds. The fourth-order valence-corrected chi connectivity index (χ4v) is 4.12. The first-order valence-corrected chi connectivity index (χ1v) is 8.30. The highest BCUT2D eigenvalue weighted by molar-refractivity contribution is 8.02. The van der Waals surface area contributed by atoms with E-state index in [2.05, 4.69) is 5.32 Å². The molecule has 1 fully saturated rings. The van der Waals surface area contributed by atoms with E-state index in [1.54, 1.807) is 18.9 Å². The van der Waals surface area contributed by atoms with Gasteiger partial charge in [0.25, 0.3) is 5.91 Å². The van der Waals surface area contributed by atoms with E-state index >= 15 is 0 Å². The Bertz CT molecular complexity index is 601. The van der Waals surface area contributed by atoms with Gasteiger partial charge in [-0.15, -0.1) is 0 Å². The lowest BCUT2D eigenvalue weighted by atomic mass is 10.1. The second kappa shape index (κ2) is 5.93. The molecule has 2 heterocycles. The molecule has 1 aromatic carbocycles. The third-order valence-corrected chi connectivity index (χ3v) is 5.53. The van der Waals surface area contributed by atoms with Gasteiger partial charge in [-0.2, -0.15) is 0 Å². The molecule has 118 valence electrons. The summed E-state index contributed by atoms with van der Waals surface area (Å²) in [7, 11) is 1.71. The van der Waals surface area contributed by atoms with E-state index in [0.29, 0.717) is 6.54 Å². The van der Waals surface area contributed by atoms with Gasteiger partial charge in [-0.3, -0.25) is 9.59 Å². The molecular weight excluding hydrogens is 300 g/mol. The normalized spacial score (nSPS) is 27.6. The maximum absolute atomic E-state index is 12.7. The Morgan fingerprint density at radius 1 is 1.50 bits per heavy atom. The molecule has 0 saturated carbocycles. The summed E-state index contributed by atoms with van der Waals surface area (Å²) < 4.78 is 4.37. The van der Waals surface area contributed by atoms with Crippen molar-refractivity contribution in [3.05, 3.63) is 24.3 Å². The lowest BCUT2D eigenvalue weighted by Crippen LogP contribution is -2.56. The quantitative estimate of drug-likeness (QED) is 0.863. The molecule has 3 rings (SSSR count). The second-order valence-electron chi connectivity index (χ2n) is 5.81. The molecular formula is C16H20N2O3S. The van der Waals surface area contributed by atoms with Crippen LogP contribution in [-0.2, 0) is 14.3 Å². The number of anilines is 1. The number of hydrogen-bond donors (Lipinski definition) is 1. The monoisotopic (exact) mass is 320 g/mol. The molecule has 2 aliphatic heterocycles. The standard InChI is InChI=1S/C16H20N2O3S/c1-16(14(19)17-10-11-6-5-9-21-11)15(20)18(2)12-7-3-4-8-13(12)22-16/h3-4,7-8,11H,5-6,9-10H2,1-2H3,(H,17,19)/t11-,16+/m0/s1. The van der Waals surface area contributed by atoms with Gasteiger partial charge in [0.15, 0.2) is 4.75 Å². The number of hydrogen-bond acceptors (Lipinski definition) is 4. The van der Waals surface area contributed by atoms with Gasteiger partial charge in [0.2, 0.25) is 5.91 Å². The van der Waals surface area contributed by atoms with Crippen molar-refractivity contribution in [2.75, 3.05) is 25.1 Å². The Kier molecular flexibility index (Phi) is 4.14. The molecule has 0 aromatic heterocycles. The molecule has 0 radical (unpaired) electrons. The van der Waals surface area contributed by atoms with Gasteiger partial charge >= 0.3 is 0 Å². The largest absolute Gasteiger partial charge is 0.376 e. The highest BCUT2D eigenvalue weighted by Gasteiger charge is 2.48. The predicted molar refractivity (Wildman–Crippen MR) is 86.1 cm³/mol. The molecule has 6 heteroatoms. The Morgan fingerprint density at radius 2 is 2.27 bits per heavy atom. The minimum absolute atomic E-state index is 0.0706. The zero-order chi connectivity index (χ0) is 15.7. The number of nitrogens with zero attached hydrogens (tertiary/aromatic N) is 1. The van der Waals surface area contributed by atoms with Crippen LogP contribution in [0.5, 0.6) is 0 Å². The van der Waals surface area contributed by atoms with Crippen LogP contribution in [0.25, 0.3) is 0 Å². The van der Waals surface area contributed by atoms with Gasteiger partial charge in [-0.25, -0.2) is 0 Å². The molecule has 0 unspecified atom stereocenters. The minimum atomic E-state index is -1.14. The number of amides is 2. The number of benzene rings is 1. The Labute approximate surface area is 134 Å². The van der Waals surface area contributed by atoms with Crippen LogP contribution in [0.2, 0.25) is 0 Å². The van der Waals surface area contributed by atoms with Crippen molar-refractivity contribution in [1.29, 1.82) is 0 Å². The SMILES string of the molecule is CN1C(=O)[C@@](C)(C(=O)NC[C@@H]2CCCO2)Sc2ccccc21. The predicted octanol–water partition coefficient (Wildman–Crippen LogP) is 1.81. The van der Waals surface area contributed by atoms with Crippen molar-refractivity contribution in [2.45, 2.75) is 35.5 Å². The van der Waals surface area contributed by atoms with Crippen LogP contribution in [0.4, 0.5) is 5.69 Å². The van der Waals surface area contributed by atoms with Gasteiger partial charge in [-0.1, -0.05) is 23.9 Å². The number of carbonyl (C=O) groups excluding carboxylic acids is 2. The summed E-state index contributed by atoms with van der Waals surface area (Å²) in [5.74, 6) is -0.444. The summed E-state index contributed by atoms with van der Waals surface area (Å²) in [4.78, 5) is 27.8. The maximum Gasteiger partial charge on any atom is 0.252 e. The summed E-state index contributed by atoms with van der Waals surface area (Å²) >= 11 is 1.32. The lowest BCUT2D eigenvalue weighted by Gasteiger charge is -2.37. The molecule has 0 bridgehead atoms.